The van der Waals surface area contributed by atoms with Crippen LogP contribution in [0.1, 0.15) is 0 Å². The summed E-state index contributed by atoms with van der Waals surface area (Å²) in [5.74, 6) is 0. The molecule has 0 aromatic heterocycles. The molecule has 0 fully saturated rings. The van der Waals surface area contributed by atoms with E-state index in [0.717, 1.165) is 0 Å². The van der Waals surface area contributed by atoms with Crippen molar-refractivity contribution in [1.29, 1.82) is 0 Å². The normalized spacial score (nSPS) is 1.57. The molecule has 0 heterocycles. The van der Waals surface area contributed by atoms with E-state index in [1.54, 1.807) is 0 Å². The summed E-state index contributed by atoms with van der Waals surface area (Å²) in [5.41, 5.74) is 0. The van der Waals surface area contributed by atoms with E-state index in [1.165, 1.54) is 0 Å². The second-order valence-electron chi connectivity index (χ2n) is 0. The van der Waals surface area contributed by atoms with Crippen molar-refractivity contribution in [3.63, 3.8) is 0 Å². The zero-order valence-electron chi connectivity index (χ0n) is 1.84. The molecule has 7 heavy (non-hydrogen) atoms. The maximum absolute atomic E-state index is 7.94. The van der Waals surface area contributed by atoms with Gasteiger partial charge in [0.2, 0.25) is 0 Å². The van der Waals surface area contributed by atoms with Gasteiger partial charge in [-0.05, 0) is 0 Å². The first kappa shape index (κ1) is 34.6. The van der Waals surface area contributed by atoms with Gasteiger partial charge in [-0.3, -0.25) is 0 Å². The van der Waals surface area contributed by atoms with Crippen molar-refractivity contribution in [2.45, 2.75) is 0 Å². The van der Waals surface area contributed by atoms with Gasteiger partial charge < -0.3 is 0 Å². The third-order valence-electron chi connectivity index (χ3n) is 0. The fourth-order valence-corrected chi connectivity index (χ4v) is 0. The van der Waals surface area contributed by atoms with E-state index in [2.05, 4.69) is 31.1 Å². The first-order valence-electron chi connectivity index (χ1n) is 0.265. The van der Waals surface area contributed by atoms with Crippen LogP contribution >= 0.6 is 0 Å². The van der Waals surface area contributed by atoms with E-state index in [9.17, 15) is 0 Å². The van der Waals surface area contributed by atoms with Crippen molar-refractivity contribution in [3.8, 4) is 0 Å². The Morgan fingerprint density at radius 2 is 1.00 bits per heavy atom. The summed E-state index contributed by atoms with van der Waals surface area (Å²) in [6.45, 7) is 0. The van der Waals surface area contributed by atoms with Crippen LogP contribution in [0.15, 0.2) is 0 Å². The average Bonchev–Trinajstić information content (AvgIpc) is 1.50. The Labute approximate surface area is 92.5 Å². The van der Waals surface area contributed by atoms with Crippen molar-refractivity contribution >= 4 is 37.7 Å². The molecule has 1 radical (unpaired) electrons. The van der Waals surface area contributed by atoms with Crippen LogP contribution in [-0.4, -0.2) is 37.7 Å². The van der Waals surface area contributed by atoms with Gasteiger partial charge in [0.1, 0.15) is 0 Å². The summed E-state index contributed by atoms with van der Waals surface area (Å²) < 4.78 is 15.8. The number of hydrogen-bond acceptors (Lipinski definition) is 2. The molecule has 0 aliphatic carbocycles. The summed E-state index contributed by atoms with van der Waals surface area (Å²) in [6.07, 6.45) is 0. The quantitative estimate of drug-likeness (QED) is 0.464. The van der Waals surface area contributed by atoms with E-state index in [4.69, 9.17) is 7.76 Å². The molecule has 0 aromatic rings. The summed E-state index contributed by atoms with van der Waals surface area (Å²) in [6, 6.07) is 0. The molecule has 0 spiro atoms. The van der Waals surface area contributed by atoms with Crippen LogP contribution < -0.4 is 0 Å². The SMILES string of the molecule is [LiH].[LiH].[Mn].[O]=[Co].[O]=[Ni]. The second-order valence-corrected chi connectivity index (χ2v) is 0. The Hall–Kier alpha value is 2.31. The van der Waals surface area contributed by atoms with Crippen LogP contribution in [0.4, 0.5) is 0 Å². The van der Waals surface area contributed by atoms with Gasteiger partial charge in [0.15, 0.2) is 0 Å². The molecule has 0 atom stereocenters. The molecule has 0 N–H and O–H groups in total. The van der Waals surface area contributed by atoms with Gasteiger partial charge in [0.25, 0.3) is 0 Å². The summed E-state index contributed by atoms with van der Waals surface area (Å²) >= 11 is 4.94. The Morgan fingerprint density at radius 1 is 1.00 bits per heavy atom. The molecule has 0 rings (SSSR count). The van der Waals surface area contributed by atoms with Crippen molar-refractivity contribution in [2.24, 2.45) is 0 Å². The van der Waals surface area contributed by atoms with Crippen LogP contribution in [0.25, 0.3) is 0 Å². The van der Waals surface area contributed by atoms with Crippen LogP contribution in [0, 0.1) is 0 Å². The molecular formula is H2CoLi2MnNiO2. The monoisotopic (exact) mass is 220 g/mol. The molecule has 7 heteroatoms. The Morgan fingerprint density at radius 3 is 1.00 bits per heavy atom. The van der Waals surface area contributed by atoms with Gasteiger partial charge in [-0.1, -0.05) is 0 Å². The van der Waals surface area contributed by atoms with Crippen molar-refractivity contribution < 1.29 is 55.9 Å². The number of hydrogen-bond donors (Lipinski definition) is 0. The molecule has 0 aliphatic heterocycles. The Balaban J connectivity index is -0.00000000267. The fraction of sp³-hybridized carbons (Fsp3) is 0. The summed E-state index contributed by atoms with van der Waals surface area (Å²) in [7, 11) is 0. The predicted octanol–water partition coefficient (Wildman–Crippen LogP) is -1.54. The molecule has 0 saturated heterocycles. The zero-order chi connectivity index (χ0) is 4.00. The second kappa shape index (κ2) is 83.0. The predicted molar refractivity (Wildman–Crippen MR) is 15.7 cm³/mol. The molecular weight excluding hydrogens is 218 g/mol. The van der Waals surface area contributed by atoms with E-state index in [0.29, 0.717) is 0 Å². The Bertz CT molecular complexity index is 17.7. The number of rotatable bonds is 0. The Kier molecular flexibility index (Phi) is 410. The standard InChI is InChI=1S/Co.2Li.Mn.Ni.2O.2H. The minimum absolute atomic E-state index is 0. The van der Waals surface area contributed by atoms with Crippen molar-refractivity contribution in [3.05, 3.63) is 0 Å². The topological polar surface area (TPSA) is 34.1 Å². The van der Waals surface area contributed by atoms with Gasteiger partial charge in [-0.25, -0.2) is 0 Å². The van der Waals surface area contributed by atoms with Crippen LogP contribution in [0.5, 0.6) is 0 Å². The molecule has 0 bridgehead atoms. The van der Waals surface area contributed by atoms with E-state index >= 15 is 0 Å². The molecule has 0 unspecified atom stereocenters. The van der Waals surface area contributed by atoms with Crippen LogP contribution in [0.2, 0.25) is 0 Å². The third-order valence-corrected chi connectivity index (χ3v) is 0. The summed E-state index contributed by atoms with van der Waals surface area (Å²) in [5, 5.41) is 0. The van der Waals surface area contributed by atoms with Crippen LogP contribution in [-0.2, 0) is 55.9 Å². The molecule has 0 aliphatic rings. The maximum atomic E-state index is 7.94. The molecule has 0 saturated carbocycles. The van der Waals surface area contributed by atoms with Gasteiger partial charge in [0, 0.05) is 17.1 Å². The van der Waals surface area contributed by atoms with Crippen molar-refractivity contribution in [1.82, 2.24) is 0 Å². The van der Waals surface area contributed by atoms with Gasteiger partial charge in [-0.15, -0.1) is 0 Å². The molecule has 0 amide bonds. The van der Waals surface area contributed by atoms with Gasteiger partial charge in [0.05, 0.1) is 0 Å². The van der Waals surface area contributed by atoms with Gasteiger partial charge >= 0.3 is 76.5 Å². The van der Waals surface area contributed by atoms with Crippen molar-refractivity contribution in [2.75, 3.05) is 0 Å². The van der Waals surface area contributed by atoms with Crippen LogP contribution in [0.3, 0.4) is 0 Å². The zero-order valence-corrected chi connectivity index (χ0v) is 5.05. The minimum atomic E-state index is 0. The molecule has 42 valence electrons. The van der Waals surface area contributed by atoms with Gasteiger partial charge in [-0.2, -0.15) is 0 Å². The van der Waals surface area contributed by atoms with E-state index in [1.807, 2.05) is 0 Å². The first-order chi connectivity index (χ1) is 2.00. The molecule has 0 aromatic carbocycles. The first-order valence-corrected chi connectivity index (χ1v) is 1.09. The third kappa shape index (κ3) is 61.9. The summed E-state index contributed by atoms with van der Waals surface area (Å²) in [4.78, 5) is 0. The average molecular weight is 220 g/mol. The fourth-order valence-electron chi connectivity index (χ4n) is 0. The van der Waals surface area contributed by atoms with E-state index < -0.39 is 0 Å². The van der Waals surface area contributed by atoms with E-state index in [-0.39, 0.29) is 54.8 Å². The molecule has 2 nitrogen and oxygen atoms in total.